The molecule has 2 aliphatic heterocycles. The third-order valence-electron chi connectivity index (χ3n) is 10.4. The number of nitrogens with two attached hydrogens (primary N) is 1. The molecule has 0 unspecified atom stereocenters. The van der Waals surface area contributed by atoms with E-state index in [4.69, 9.17) is 5.73 Å². The van der Waals surface area contributed by atoms with Gasteiger partial charge in [0.15, 0.2) is 11.6 Å². The maximum atomic E-state index is 14.2. The molecule has 350 valence electrons. The molecule has 23 heteroatoms. The number of amides is 2. The van der Waals surface area contributed by atoms with Crippen molar-refractivity contribution in [1.82, 2.24) is 49.3 Å². The van der Waals surface area contributed by atoms with Crippen LogP contribution in [0.5, 0.6) is 0 Å². The molecule has 2 saturated heterocycles. The van der Waals surface area contributed by atoms with E-state index in [1.807, 2.05) is 49.6 Å². The van der Waals surface area contributed by atoms with E-state index >= 15 is 0 Å². The largest absolute Gasteiger partial charge is 0.396 e. The molecule has 2 amide bonds. The summed E-state index contributed by atoms with van der Waals surface area (Å²) in [4.78, 5) is 48.1. The molecule has 0 saturated carbocycles. The Morgan fingerprint density at radius 2 is 1.02 bits per heavy atom. The fourth-order valence-electron chi connectivity index (χ4n) is 7.04. The predicted molar refractivity (Wildman–Crippen MR) is 240 cm³/mol. The van der Waals surface area contributed by atoms with Crippen LogP contribution in [0.4, 0.5) is 46.5 Å². The number of aromatic nitrogens is 8. The quantitative estimate of drug-likeness (QED) is 0.125. The fraction of sp³-hybridized carbons (Fsp3) is 0.349. The van der Waals surface area contributed by atoms with Crippen molar-refractivity contribution in [3.05, 3.63) is 107 Å². The van der Waals surface area contributed by atoms with E-state index in [-0.39, 0.29) is 34.3 Å². The SMILES string of the molecule is CC(=O)N1CCN(c2cc(-n3nc(C)cc3C)nc(Nc3cc(F)ccc3F)n2)CC1.CC(=O)N1CCN(c2cc(-n3nc(C)cc3C)nc(S(C)(=O)=O)n2)CC1.Nc1cc(F)ccc1F. The monoisotopic (exact) mass is 934 g/mol. The van der Waals surface area contributed by atoms with Crippen LogP contribution in [-0.4, -0.2) is 128 Å². The van der Waals surface area contributed by atoms with Crippen molar-refractivity contribution in [2.45, 2.75) is 46.7 Å². The lowest BCUT2D eigenvalue weighted by Gasteiger charge is -2.35. The first kappa shape index (κ1) is 48.3. The van der Waals surface area contributed by atoms with Crippen LogP contribution >= 0.6 is 0 Å². The molecule has 0 spiro atoms. The number of carbonyl (C=O) groups excluding carboxylic acids is 2. The first-order valence-electron chi connectivity index (χ1n) is 20.6. The highest BCUT2D eigenvalue weighted by atomic mass is 32.2. The molecule has 2 fully saturated rings. The Morgan fingerprint density at radius 1 is 0.591 bits per heavy atom. The number of anilines is 5. The van der Waals surface area contributed by atoms with Crippen molar-refractivity contribution in [3.63, 3.8) is 0 Å². The van der Waals surface area contributed by atoms with E-state index in [1.54, 1.807) is 45.1 Å². The molecule has 66 heavy (non-hydrogen) atoms. The maximum absolute atomic E-state index is 14.2. The number of hydrogen-bond donors (Lipinski definition) is 2. The first-order chi connectivity index (χ1) is 31.1. The van der Waals surface area contributed by atoms with E-state index in [2.05, 4.69) is 35.5 Å². The fourth-order valence-corrected chi connectivity index (χ4v) is 7.56. The average molecular weight is 935 g/mol. The van der Waals surface area contributed by atoms with E-state index in [0.29, 0.717) is 75.6 Å². The lowest BCUT2D eigenvalue weighted by atomic mass is 10.3. The minimum Gasteiger partial charge on any atom is -0.396 e. The molecule has 18 nitrogen and oxygen atoms in total. The van der Waals surface area contributed by atoms with Gasteiger partial charge in [0.1, 0.15) is 34.9 Å². The van der Waals surface area contributed by atoms with Crippen molar-refractivity contribution < 1.29 is 35.6 Å². The van der Waals surface area contributed by atoms with Crippen LogP contribution < -0.4 is 20.9 Å². The molecule has 0 bridgehead atoms. The van der Waals surface area contributed by atoms with Crippen molar-refractivity contribution in [2.75, 3.05) is 79.5 Å². The van der Waals surface area contributed by atoms with E-state index in [0.717, 1.165) is 65.4 Å². The molecular weight excluding hydrogens is 885 g/mol. The van der Waals surface area contributed by atoms with Crippen LogP contribution in [0.15, 0.2) is 65.8 Å². The number of nitrogens with one attached hydrogen (secondary N) is 1. The zero-order valence-electron chi connectivity index (χ0n) is 37.4. The second kappa shape index (κ2) is 20.3. The number of piperazine rings is 2. The maximum Gasteiger partial charge on any atom is 0.250 e. The van der Waals surface area contributed by atoms with E-state index < -0.39 is 33.1 Å². The van der Waals surface area contributed by atoms with Gasteiger partial charge in [-0.3, -0.25) is 9.59 Å². The number of nitrogen functional groups attached to an aromatic ring is 1. The summed E-state index contributed by atoms with van der Waals surface area (Å²) < 4.78 is 79.5. The number of benzene rings is 2. The van der Waals surface area contributed by atoms with Crippen LogP contribution in [0.2, 0.25) is 0 Å². The second-order valence-corrected chi connectivity index (χ2v) is 17.5. The lowest BCUT2D eigenvalue weighted by molar-refractivity contribution is -0.129. The van der Waals surface area contributed by atoms with Gasteiger partial charge >= 0.3 is 0 Å². The van der Waals surface area contributed by atoms with Gasteiger partial charge in [-0.25, -0.2) is 40.3 Å². The van der Waals surface area contributed by atoms with Gasteiger partial charge < -0.3 is 30.7 Å². The number of halogens is 4. The van der Waals surface area contributed by atoms with Gasteiger partial charge in [0, 0.05) is 102 Å². The second-order valence-electron chi connectivity index (χ2n) is 15.6. The summed E-state index contributed by atoms with van der Waals surface area (Å²) in [5.41, 5.74) is 8.18. The summed E-state index contributed by atoms with van der Waals surface area (Å²) in [6.07, 6.45) is 1.09. The van der Waals surface area contributed by atoms with Crippen molar-refractivity contribution in [1.29, 1.82) is 0 Å². The third kappa shape index (κ3) is 12.1. The summed E-state index contributed by atoms with van der Waals surface area (Å²) in [6, 6.07) is 13.5. The normalized spacial score (nSPS) is 14.0. The van der Waals surface area contributed by atoms with Crippen LogP contribution in [0, 0.1) is 51.0 Å². The number of hydrogen-bond acceptors (Lipinski definition) is 14. The number of aryl methyl sites for hydroxylation is 4. The zero-order chi connectivity index (χ0) is 48.0. The number of sulfone groups is 1. The van der Waals surface area contributed by atoms with Gasteiger partial charge in [-0.2, -0.15) is 25.1 Å². The molecule has 6 aromatic rings. The summed E-state index contributed by atoms with van der Waals surface area (Å²) in [6.45, 7) is 15.3. The summed E-state index contributed by atoms with van der Waals surface area (Å²) in [7, 11) is -3.58. The number of nitrogens with zero attached hydrogens (tertiary/aromatic N) is 12. The smallest absolute Gasteiger partial charge is 0.250 e. The first-order valence-corrected chi connectivity index (χ1v) is 22.5. The zero-order valence-corrected chi connectivity index (χ0v) is 38.2. The molecule has 2 aromatic carbocycles. The molecule has 0 radical (unpaired) electrons. The van der Waals surface area contributed by atoms with E-state index in [9.17, 15) is 35.6 Å². The molecule has 8 rings (SSSR count). The highest BCUT2D eigenvalue weighted by Gasteiger charge is 2.25. The Hall–Kier alpha value is -7.17. The summed E-state index contributed by atoms with van der Waals surface area (Å²) in [5.74, 6) is -0.0477. The highest BCUT2D eigenvalue weighted by Crippen LogP contribution is 2.25. The number of carbonyl (C=O) groups is 2. The Kier molecular flexibility index (Phi) is 14.9. The van der Waals surface area contributed by atoms with Crippen molar-refractivity contribution in [2.24, 2.45) is 0 Å². The van der Waals surface area contributed by atoms with Gasteiger partial charge in [-0.15, -0.1) is 0 Å². The molecule has 6 heterocycles. The molecule has 3 N–H and O–H groups in total. The standard InChI is InChI=1S/C21H23F2N7O.C16H22N6O3S.C6H5F2N/c1-13-10-14(2)30(27-13)20-12-19(29-8-6-28(7-9-29)15(3)31)25-21(26-20)24-18-11-16(22)4-5-17(18)23;1-11-9-12(2)22(19-11)15-10-14(17-16(18-15)26(4,24)25)21-7-5-20(6-8-21)13(3)23;7-4-1-2-5(8)6(9)3-4/h4-5,10-12H,6-9H2,1-3H3,(H,24,25,26);9-10H,5-8H2,1-4H3;1-3H,9H2. The van der Waals surface area contributed by atoms with Crippen molar-refractivity contribution in [3.8, 4) is 11.6 Å². The topological polar surface area (TPSA) is 206 Å². The summed E-state index contributed by atoms with van der Waals surface area (Å²) in [5, 5.41) is 11.4. The predicted octanol–water partition coefficient (Wildman–Crippen LogP) is 4.87. The Balaban J connectivity index is 0.000000186. The van der Waals surface area contributed by atoms with Crippen molar-refractivity contribution >= 4 is 50.6 Å². The molecular formula is C43H50F4N14O4S. The van der Waals surface area contributed by atoms with Crippen LogP contribution in [-0.2, 0) is 19.4 Å². The minimum atomic E-state index is -3.58. The van der Waals surface area contributed by atoms with Crippen LogP contribution in [0.25, 0.3) is 11.6 Å². The molecule has 0 atom stereocenters. The van der Waals surface area contributed by atoms with Gasteiger partial charge in [-0.05, 0) is 70.2 Å². The average Bonchev–Trinajstić information content (AvgIpc) is 3.81. The summed E-state index contributed by atoms with van der Waals surface area (Å²) >= 11 is 0. The van der Waals surface area contributed by atoms with Crippen LogP contribution in [0.1, 0.15) is 36.6 Å². The van der Waals surface area contributed by atoms with E-state index in [1.165, 1.54) is 0 Å². The van der Waals surface area contributed by atoms with Gasteiger partial charge in [0.25, 0.3) is 5.16 Å². The molecule has 2 aliphatic rings. The Bertz CT molecular complexity index is 2840. The lowest BCUT2D eigenvalue weighted by Crippen LogP contribution is -2.48. The number of rotatable bonds is 7. The van der Waals surface area contributed by atoms with Gasteiger partial charge in [-0.1, -0.05) is 0 Å². The minimum absolute atomic E-state index is 0.0347. The highest BCUT2D eigenvalue weighted by molar-refractivity contribution is 7.90. The van der Waals surface area contributed by atoms with Gasteiger partial charge in [0.05, 0.1) is 22.8 Å². The Labute approximate surface area is 379 Å². The Morgan fingerprint density at radius 3 is 1.44 bits per heavy atom. The molecule has 4 aromatic heterocycles. The molecule has 0 aliphatic carbocycles. The third-order valence-corrected chi connectivity index (χ3v) is 11.2. The van der Waals surface area contributed by atoms with Gasteiger partial charge in [0.2, 0.25) is 27.6 Å². The van der Waals surface area contributed by atoms with Crippen LogP contribution in [0.3, 0.4) is 0 Å².